The molecule has 1 aliphatic rings. The molecule has 0 spiro atoms. The zero-order valence-corrected chi connectivity index (χ0v) is 22.7. The van der Waals surface area contributed by atoms with Crippen LogP contribution in [0.25, 0.3) is 16.8 Å². The molecule has 0 atom stereocenters. The molecule has 0 radical (unpaired) electrons. The van der Waals surface area contributed by atoms with E-state index in [2.05, 4.69) is 20.1 Å². The van der Waals surface area contributed by atoms with Gasteiger partial charge in [-0.1, -0.05) is 37.1 Å². The van der Waals surface area contributed by atoms with Crippen molar-refractivity contribution in [1.82, 2.24) is 19.3 Å². The van der Waals surface area contributed by atoms with E-state index in [9.17, 15) is 13.2 Å². The number of hydrogen-bond acceptors (Lipinski definition) is 6. The summed E-state index contributed by atoms with van der Waals surface area (Å²) in [5.41, 5.74) is 4.69. The maximum Gasteiger partial charge on any atom is 0.276 e. The zero-order chi connectivity index (χ0) is 27.0. The van der Waals surface area contributed by atoms with Gasteiger partial charge in [0.25, 0.3) is 5.91 Å². The van der Waals surface area contributed by atoms with Crippen LogP contribution in [0.15, 0.2) is 53.4 Å². The van der Waals surface area contributed by atoms with Crippen molar-refractivity contribution in [2.24, 2.45) is 0 Å². The Kier molecular flexibility index (Phi) is 6.93. The average Bonchev–Trinajstić information content (AvgIpc) is 3.52. The lowest BCUT2D eigenvalue weighted by molar-refractivity contribution is 0.102. The molecule has 9 nitrogen and oxygen atoms in total. The van der Waals surface area contributed by atoms with E-state index in [-0.39, 0.29) is 22.4 Å². The molecule has 38 heavy (non-hydrogen) atoms. The van der Waals surface area contributed by atoms with Gasteiger partial charge in [0.2, 0.25) is 10.0 Å². The van der Waals surface area contributed by atoms with Crippen LogP contribution >= 0.6 is 0 Å². The first-order valence-electron chi connectivity index (χ1n) is 12.6. The summed E-state index contributed by atoms with van der Waals surface area (Å²) in [6.45, 7) is 5.66. The van der Waals surface area contributed by atoms with Gasteiger partial charge in [-0.05, 0) is 69.0 Å². The van der Waals surface area contributed by atoms with Crippen molar-refractivity contribution in [3.8, 4) is 16.9 Å². The van der Waals surface area contributed by atoms with Crippen molar-refractivity contribution < 1.29 is 17.9 Å². The van der Waals surface area contributed by atoms with E-state index in [1.54, 1.807) is 16.6 Å². The summed E-state index contributed by atoms with van der Waals surface area (Å²) >= 11 is 0. The first-order valence-corrected chi connectivity index (χ1v) is 14.1. The Morgan fingerprint density at radius 2 is 1.79 bits per heavy atom. The third-order valence-corrected chi connectivity index (χ3v) is 8.46. The highest BCUT2D eigenvalue weighted by Gasteiger charge is 2.29. The molecule has 198 valence electrons. The molecular formula is C28H31N5O4S. The van der Waals surface area contributed by atoms with E-state index in [1.807, 2.05) is 51.1 Å². The maximum absolute atomic E-state index is 13.6. The fraction of sp³-hybridized carbons (Fsp3) is 0.321. The number of fused-ring (bicyclic) bond motifs is 1. The molecule has 1 amide bonds. The minimum Gasteiger partial charge on any atom is -0.495 e. The second-order valence-corrected chi connectivity index (χ2v) is 11.4. The van der Waals surface area contributed by atoms with Crippen molar-refractivity contribution in [3.63, 3.8) is 0 Å². The molecule has 2 aromatic carbocycles. The summed E-state index contributed by atoms with van der Waals surface area (Å²) in [6.07, 6.45) is 3.61. The van der Waals surface area contributed by atoms with Crippen molar-refractivity contribution in [3.05, 3.63) is 71.2 Å². The molecule has 2 N–H and O–H groups in total. The van der Waals surface area contributed by atoms with Gasteiger partial charge in [0.05, 0.1) is 12.7 Å². The van der Waals surface area contributed by atoms with Gasteiger partial charge in [-0.15, -0.1) is 0 Å². The number of carbonyl (C=O) groups is 1. The third kappa shape index (κ3) is 4.89. The number of aromatic nitrogens is 3. The van der Waals surface area contributed by atoms with Crippen LogP contribution in [0.4, 0.5) is 5.69 Å². The molecular weight excluding hydrogens is 502 g/mol. The van der Waals surface area contributed by atoms with Crippen LogP contribution in [0.2, 0.25) is 0 Å². The third-order valence-electron chi connectivity index (χ3n) is 6.92. The van der Waals surface area contributed by atoms with Crippen LogP contribution in [0, 0.1) is 20.8 Å². The molecule has 5 rings (SSSR count). The van der Waals surface area contributed by atoms with Gasteiger partial charge < -0.3 is 10.1 Å². The van der Waals surface area contributed by atoms with Crippen LogP contribution in [-0.2, 0) is 10.0 Å². The normalized spacial score (nSPS) is 14.2. The average molecular weight is 534 g/mol. The predicted octanol–water partition coefficient (Wildman–Crippen LogP) is 4.80. The maximum atomic E-state index is 13.6. The van der Waals surface area contributed by atoms with Crippen molar-refractivity contribution in [2.75, 3.05) is 12.4 Å². The van der Waals surface area contributed by atoms with Gasteiger partial charge in [0.1, 0.15) is 10.6 Å². The number of benzene rings is 2. The molecule has 10 heteroatoms. The summed E-state index contributed by atoms with van der Waals surface area (Å²) in [6, 6.07) is 14.1. The Morgan fingerprint density at radius 3 is 2.50 bits per heavy atom. The lowest BCUT2D eigenvalue weighted by atomic mass is 10.0. The number of aryl methyl sites for hydroxylation is 3. The van der Waals surface area contributed by atoms with E-state index in [0.29, 0.717) is 22.5 Å². The highest BCUT2D eigenvalue weighted by atomic mass is 32.2. The minimum absolute atomic E-state index is 0.0124. The smallest absolute Gasteiger partial charge is 0.276 e. The Balaban J connectivity index is 1.67. The summed E-state index contributed by atoms with van der Waals surface area (Å²) in [4.78, 5) is 18.3. The molecule has 0 aliphatic heterocycles. The van der Waals surface area contributed by atoms with Gasteiger partial charge in [-0.25, -0.2) is 22.6 Å². The molecule has 2 aromatic heterocycles. The molecule has 0 unspecified atom stereocenters. The number of sulfonamides is 1. The standard InChI is InChI=1S/C28H31N5O4S/c1-17-9-5-8-12-22(17)30-28(34)26-25(27-29-18(2)15-19(3)33(27)31-26)20-13-14-23(37-4)24(16-20)38(35,36)32-21-10-6-7-11-21/h5,8-9,12-16,21,32H,6-7,10-11H2,1-4H3,(H,30,34). The number of methoxy groups -OCH3 is 1. The molecule has 1 saturated carbocycles. The monoisotopic (exact) mass is 533 g/mol. The van der Waals surface area contributed by atoms with Crippen LogP contribution in [-0.4, -0.2) is 42.1 Å². The van der Waals surface area contributed by atoms with Crippen molar-refractivity contribution >= 4 is 27.3 Å². The number of rotatable bonds is 7. The Labute approximate surface area is 222 Å². The summed E-state index contributed by atoms with van der Waals surface area (Å²) < 4.78 is 36.8. The van der Waals surface area contributed by atoms with Crippen LogP contribution < -0.4 is 14.8 Å². The van der Waals surface area contributed by atoms with Crippen LogP contribution in [0.5, 0.6) is 5.75 Å². The van der Waals surface area contributed by atoms with E-state index >= 15 is 0 Å². The number of para-hydroxylation sites is 1. The fourth-order valence-electron chi connectivity index (χ4n) is 5.01. The number of nitrogens with one attached hydrogen (secondary N) is 2. The van der Waals surface area contributed by atoms with Crippen molar-refractivity contribution in [2.45, 2.75) is 57.4 Å². The highest BCUT2D eigenvalue weighted by molar-refractivity contribution is 7.89. The Morgan fingerprint density at radius 1 is 1.05 bits per heavy atom. The van der Waals surface area contributed by atoms with E-state index in [0.717, 1.165) is 42.6 Å². The first-order chi connectivity index (χ1) is 18.2. The van der Waals surface area contributed by atoms with Gasteiger partial charge in [-0.3, -0.25) is 4.79 Å². The minimum atomic E-state index is -3.88. The molecule has 0 saturated heterocycles. The number of nitrogens with zero attached hydrogens (tertiary/aromatic N) is 3. The summed E-state index contributed by atoms with van der Waals surface area (Å²) in [5.74, 6) is -0.192. The van der Waals surface area contributed by atoms with Crippen molar-refractivity contribution in [1.29, 1.82) is 0 Å². The topological polar surface area (TPSA) is 115 Å². The predicted molar refractivity (Wildman–Crippen MR) is 146 cm³/mol. The lowest BCUT2D eigenvalue weighted by Gasteiger charge is -2.16. The molecule has 1 aliphatic carbocycles. The number of hydrogen-bond donors (Lipinski definition) is 2. The molecule has 2 heterocycles. The van der Waals surface area contributed by atoms with E-state index in [4.69, 9.17) is 4.74 Å². The molecule has 0 bridgehead atoms. The number of amides is 1. The Bertz CT molecular complexity index is 1640. The highest BCUT2D eigenvalue weighted by Crippen LogP contribution is 2.35. The summed E-state index contributed by atoms with van der Waals surface area (Å²) in [5, 5.41) is 7.57. The zero-order valence-electron chi connectivity index (χ0n) is 21.9. The number of ether oxygens (including phenoxy) is 1. The quantitative estimate of drug-likeness (QED) is 0.353. The van der Waals surface area contributed by atoms with Gasteiger partial charge >= 0.3 is 0 Å². The number of carbonyl (C=O) groups excluding carboxylic acids is 1. The number of anilines is 1. The second-order valence-electron chi connectivity index (χ2n) is 9.74. The van der Waals surface area contributed by atoms with E-state index in [1.165, 1.54) is 13.2 Å². The SMILES string of the molecule is COc1ccc(-c2c(C(=O)Nc3ccccc3C)nn3c(C)cc(C)nc23)cc1S(=O)(=O)NC1CCCC1. The Hall–Kier alpha value is -3.76. The molecule has 4 aromatic rings. The van der Waals surface area contributed by atoms with Gasteiger partial charge in [0, 0.05) is 23.1 Å². The fourth-order valence-corrected chi connectivity index (χ4v) is 6.51. The molecule has 1 fully saturated rings. The van der Waals surface area contributed by atoms with Gasteiger partial charge in [-0.2, -0.15) is 5.10 Å². The second kappa shape index (κ2) is 10.2. The lowest BCUT2D eigenvalue weighted by Crippen LogP contribution is -2.32. The van der Waals surface area contributed by atoms with Crippen LogP contribution in [0.1, 0.15) is 53.1 Å². The first kappa shape index (κ1) is 25.9. The largest absolute Gasteiger partial charge is 0.495 e. The van der Waals surface area contributed by atoms with Gasteiger partial charge in [0.15, 0.2) is 11.3 Å². The van der Waals surface area contributed by atoms with Crippen LogP contribution in [0.3, 0.4) is 0 Å². The van der Waals surface area contributed by atoms with E-state index < -0.39 is 15.9 Å². The summed E-state index contributed by atoms with van der Waals surface area (Å²) in [7, 11) is -2.44.